The Labute approximate surface area is 178 Å². The van der Waals surface area contributed by atoms with Crippen molar-refractivity contribution in [1.29, 1.82) is 0 Å². The lowest BCUT2D eigenvalue weighted by atomic mass is 9.88. The van der Waals surface area contributed by atoms with Gasteiger partial charge in [0, 0.05) is 24.7 Å². The van der Waals surface area contributed by atoms with E-state index in [0.717, 1.165) is 6.42 Å². The molecule has 0 saturated heterocycles. The van der Waals surface area contributed by atoms with Crippen LogP contribution in [0.1, 0.15) is 29.8 Å². The van der Waals surface area contributed by atoms with Gasteiger partial charge >= 0.3 is 0 Å². The lowest BCUT2D eigenvalue weighted by molar-refractivity contribution is -0.0420. The number of carbonyl (C=O) groups excluding carboxylic acids is 1. The average molecular weight is 428 g/mol. The molecule has 3 atom stereocenters. The van der Waals surface area contributed by atoms with Crippen LogP contribution in [-0.4, -0.2) is 46.4 Å². The smallest absolute Gasteiger partial charge is 0.292 e. The third-order valence-corrected chi connectivity index (χ3v) is 5.51. The monoisotopic (exact) mass is 428 g/mol. The molecule has 3 aromatic rings. The summed E-state index contributed by atoms with van der Waals surface area (Å²) in [6.45, 7) is 0. The van der Waals surface area contributed by atoms with Crippen LogP contribution in [0, 0.1) is 11.6 Å². The van der Waals surface area contributed by atoms with E-state index in [1.807, 2.05) is 0 Å². The average Bonchev–Trinajstić information content (AvgIpc) is 3.25. The fourth-order valence-electron chi connectivity index (χ4n) is 3.87. The van der Waals surface area contributed by atoms with Crippen LogP contribution < -0.4 is 4.74 Å². The van der Waals surface area contributed by atoms with Crippen LogP contribution in [0.3, 0.4) is 0 Å². The molecule has 1 amide bonds. The highest BCUT2D eigenvalue weighted by molar-refractivity contribution is 5.92. The normalized spacial score (nSPS) is 21.0. The van der Waals surface area contributed by atoms with E-state index in [1.165, 1.54) is 41.3 Å². The van der Waals surface area contributed by atoms with Crippen LogP contribution >= 0.6 is 0 Å². The Hall–Kier alpha value is -3.26. The highest BCUT2D eigenvalue weighted by atomic mass is 19.1. The highest BCUT2D eigenvalue weighted by Crippen LogP contribution is 2.29. The van der Waals surface area contributed by atoms with Crippen molar-refractivity contribution in [2.24, 2.45) is 0 Å². The molecule has 1 saturated carbocycles. The third kappa shape index (κ3) is 4.59. The number of halogens is 2. The van der Waals surface area contributed by atoms with Crippen molar-refractivity contribution < 1.29 is 27.9 Å². The molecule has 162 valence electrons. The van der Waals surface area contributed by atoms with Crippen molar-refractivity contribution in [1.82, 2.24) is 10.1 Å². The van der Waals surface area contributed by atoms with Gasteiger partial charge in [0.05, 0.1) is 6.04 Å². The second-order valence-corrected chi connectivity index (χ2v) is 7.61. The van der Waals surface area contributed by atoms with Crippen molar-refractivity contribution in [3.05, 3.63) is 72.0 Å². The van der Waals surface area contributed by atoms with E-state index in [-0.39, 0.29) is 5.76 Å². The van der Waals surface area contributed by atoms with Crippen LogP contribution in [0.5, 0.6) is 5.75 Å². The highest BCUT2D eigenvalue weighted by Gasteiger charge is 2.38. The number of benzene rings is 2. The Kier molecular flexibility index (Phi) is 5.99. The maximum atomic E-state index is 13.5. The zero-order chi connectivity index (χ0) is 22.0. The minimum absolute atomic E-state index is 0.0119. The standard InChI is InChI=1S/C23H22F2N2O4/c1-27(23(29)21-13-18(26-31-21)14-5-2-6-15(24)11-14)19-9-4-10-20(22(19)28)30-17-8-3-7-16(25)12-17/h2-3,5-8,11-13,19-20,22,28H,4,9-10H2,1H3/t19-,20-,22-/m1/s1. The van der Waals surface area contributed by atoms with Crippen molar-refractivity contribution in [2.45, 2.75) is 37.5 Å². The Morgan fingerprint density at radius 1 is 1.13 bits per heavy atom. The van der Waals surface area contributed by atoms with Crippen molar-refractivity contribution in [3.8, 4) is 17.0 Å². The van der Waals surface area contributed by atoms with Gasteiger partial charge in [-0.3, -0.25) is 4.79 Å². The summed E-state index contributed by atoms with van der Waals surface area (Å²) in [7, 11) is 1.57. The van der Waals surface area contributed by atoms with Gasteiger partial charge in [-0.1, -0.05) is 23.4 Å². The molecular weight excluding hydrogens is 406 g/mol. The lowest BCUT2D eigenvalue weighted by Crippen LogP contribution is -2.53. The first kappa shape index (κ1) is 21.0. The summed E-state index contributed by atoms with van der Waals surface area (Å²) >= 11 is 0. The summed E-state index contributed by atoms with van der Waals surface area (Å²) in [4.78, 5) is 14.3. The van der Waals surface area contributed by atoms with Gasteiger partial charge in [0.25, 0.3) is 5.91 Å². The van der Waals surface area contributed by atoms with E-state index in [2.05, 4.69) is 5.16 Å². The summed E-state index contributed by atoms with van der Waals surface area (Å²) in [5.74, 6) is -0.979. The Bertz CT molecular complexity index is 1070. The number of nitrogens with zero attached hydrogens (tertiary/aromatic N) is 2. The SMILES string of the molecule is CN(C(=O)c1cc(-c2cccc(F)c2)no1)[C@@H]1CCC[C@@H](Oc2cccc(F)c2)[C@@H]1O. The number of aliphatic hydroxyl groups excluding tert-OH is 1. The molecule has 6 nitrogen and oxygen atoms in total. The topological polar surface area (TPSA) is 75.8 Å². The van der Waals surface area contributed by atoms with Gasteiger partial charge < -0.3 is 19.3 Å². The first-order valence-electron chi connectivity index (χ1n) is 10.0. The Morgan fingerprint density at radius 3 is 2.61 bits per heavy atom. The van der Waals surface area contributed by atoms with Crippen molar-refractivity contribution in [3.63, 3.8) is 0 Å². The van der Waals surface area contributed by atoms with E-state index in [1.54, 1.807) is 25.2 Å². The maximum Gasteiger partial charge on any atom is 0.292 e. The first-order valence-corrected chi connectivity index (χ1v) is 10.0. The van der Waals surface area contributed by atoms with E-state index in [4.69, 9.17) is 9.26 Å². The Balaban J connectivity index is 1.47. The largest absolute Gasteiger partial charge is 0.488 e. The zero-order valence-corrected chi connectivity index (χ0v) is 16.9. The number of hydrogen-bond acceptors (Lipinski definition) is 5. The lowest BCUT2D eigenvalue weighted by Gasteiger charge is -2.39. The summed E-state index contributed by atoms with van der Waals surface area (Å²) in [6.07, 6.45) is 0.356. The number of likely N-dealkylation sites (N-methyl/N-ethyl adjacent to an activating group) is 1. The van der Waals surface area contributed by atoms with Crippen LogP contribution in [-0.2, 0) is 0 Å². The van der Waals surface area contributed by atoms with E-state index in [0.29, 0.717) is 29.8 Å². The number of ether oxygens (including phenoxy) is 1. The molecule has 1 aliphatic carbocycles. The molecule has 1 aliphatic rings. The summed E-state index contributed by atoms with van der Waals surface area (Å²) in [5.41, 5.74) is 0.833. The minimum atomic E-state index is -0.962. The zero-order valence-electron chi connectivity index (χ0n) is 16.9. The quantitative estimate of drug-likeness (QED) is 0.664. The molecule has 0 radical (unpaired) electrons. The molecule has 0 aliphatic heterocycles. The summed E-state index contributed by atoms with van der Waals surface area (Å²) in [6, 6.07) is 12.5. The molecule has 4 rings (SSSR count). The van der Waals surface area contributed by atoms with Gasteiger partial charge in [0.2, 0.25) is 5.76 Å². The minimum Gasteiger partial charge on any atom is -0.488 e. The molecule has 1 fully saturated rings. The summed E-state index contributed by atoms with van der Waals surface area (Å²) < 4.78 is 37.9. The van der Waals surface area contributed by atoms with Gasteiger partial charge in [-0.25, -0.2) is 8.78 Å². The van der Waals surface area contributed by atoms with Crippen LogP contribution in [0.25, 0.3) is 11.3 Å². The van der Waals surface area contributed by atoms with Gasteiger partial charge in [0.1, 0.15) is 35.3 Å². The van der Waals surface area contributed by atoms with Gasteiger partial charge in [0.15, 0.2) is 0 Å². The second-order valence-electron chi connectivity index (χ2n) is 7.61. The molecule has 1 heterocycles. The van der Waals surface area contributed by atoms with E-state index < -0.39 is 35.8 Å². The molecular formula is C23H22F2N2O4. The summed E-state index contributed by atoms with van der Waals surface area (Å²) in [5, 5.41) is 14.7. The van der Waals surface area contributed by atoms with Gasteiger partial charge in [-0.15, -0.1) is 0 Å². The third-order valence-electron chi connectivity index (χ3n) is 5.51. The van der Waals surface area contributed by atoms with Crippen LogP contribution in [0.4, 0.5) is 8.78 Å². The number of aromatic nitrogens is 1. The predicted octanol–water partition coefficient (Wildman–Crippen LogP) is 4.05. The molecule has 8 heteroatoms. The van der Waals surface area contributed by atoms with Crippen molar-refractivity contribution in [2.75, 3.05) is 7.05 Å². The molecule has 0 bridgehead atoms. The predicted molar refractivity (Wildman–Crippen MR) is 108 cm³/mol. The first-order chi connectivity index (χ1) is 14.9. The molecule has 31 heavy (non-hydrogen) atoms. The molecule has 2 aromatic carbocycles. The second kappa shape index (κ2) is 8.85. The fraction of sp³-hybridized carbons (Fsp3) is 0.304. The van der Waals surface area contributed by atoms with Gasteiger partial charge in [-0.05, 0) is 43.5 Å². The van der Waals surface area contributed by atoms with Crippen LogP contribution in [0.15, 0.2) is 59.1 Å². The van der Waals surface area contributed by atoms with E-state index >= 15 is 0 Å². The number of aliphatic hydroxyl groups is 1. The molecule has 1 aromatic heterocycles. The molecule has 1 N–H and O–H groups in total. The van der Waals surface area contributed by atoms with E-state index in [9.17, 15) is 18.7 Å². The number of amides is 1. The van der Waals surface area contributed by atoms with Gasteiger partial charge in [-0.2, -0.15) is 0 Å². The number of carbonyl (C=O) groups is 1. The number of hydrogen-bond donors (Lipinski definition) is 1. The fourth-order valence-corrected chi connectivity index (χ4v) is 3.87. The number of rotatable bonds is 5. The van der Waals surface area contributed by atoms with Crippen molar-refractivity contribution >= 4 is 5.91 Å². The maximum absolute atomic E-state index is 13.5. The van der Waals surface area contributed by atoms with Crippen LogP contribution in [0.2, 0.25) is 0 Å². The molecule has 0 spiro atoms. The molecule has 0 unspecified atom stereocenters. The Morgan fingerprint density at radius 2 is 1.87 bits per heavy atom.